The summed E-state index contributed by atoms with van der Waals surface area (Å²) in [6.07, 6.45) is 0. The Morgan fingerprint density at radius 2 is 2.22 bits per heavy atom. The summed E-state index contributed by atoms with van der Waals surface area (Å²) in [7, 11) is 1.34. The van der Waals surface area contributed by atoms with Crippen LogP contribution in [0.1, 0.15) is 5.56 Å². The zero-order valence-electron chi connectivity index (χ0n) is 9.81. The van der Waals surface area contributed by atoms with Crippen LogP contribution in [0.3, 0.4) is 0 Å². The van der Waals surface area contributed by atoms with Crippen LogP contribution >= 0.6 is 0 Å². The van der Waals surface area contributed by atoms with Crippen molar-refractivity contribution >= 4 is 5.82 Å². The van der Waals surface area contributed by atoms with Gasteiger partial charge in [0.05, 0.1) is 5.10 Å². The molecule has 1 aromatic carbocycles. The van der Waals surface area contributed by atoms with E-state index in [1.807, 2.05) is 13.0 Å². The lowest BCUT2D eigenvalue weighted by atomic mass is 10.2. The van der Waals surface area contributed by atoms with E-state index >= 15 is 0 Å². The van der Waals surface area contributed by atoms with Gasteiger partial charge in [-0.15, -0.1) is 0 Å². The lowest BCUT2D eigenvalue weighted by molar-refractivity contribution is -0.391. The number of benzene rings is 1. The molecule has 0 aliphatic carbocycles. The zero-order valence-corrected chi connectivity index (χ0v) is 9.81. The van der Waals surface area contributed by atoms with E-state index in [0.717, 1.165) is 10.4 Å². The fraction of sp³-hybridized carbons (Fsp3) is 0.200. The molecule has 2 rings (SSSR count). The van der Waals surface area contributed by atoms with Crippen LogP contribution in [0.4, 0.5) is 5.82 Å². The fourth-order valence-corrected chi connectivity index (χ4v) is 1.58. The van der Waals surface area contributed by atoms with Gasteiger partial charge >= 0.3 is 5.82 Å². The molecule has 0 unspecified atom stereocenters. The van der Waals surface area contributed by atoms with Crippen LogP contribution in [0.2, 0.25) is 0 Å². The molecule has 2 aromatic rings. The number of nitrogens with zero attached hydrogens (tertiary/aromatic N) is 5. The van der Waals surface area contributed by atoms with Gasteiger partial charge in [0.1, 0.15) is 5.69 Å². The average Bonchev–Trinajstić information content (AvgIpc) is 2.66. The van der Waals surface area contributed by atoms with Crippen LogP contribution in [0, 0.1) is 17.0 Å². The monoisotopic (exact) mass is 249 g/mol. The highest BCUT2D eigenvalue weighted by atomic mass is 16.6. The Bertz CT molecular complexity index is 670. The van der Waals surface area contributed by atoms with E-state index in [4.69, 9.17) is 0 Å². The Labute approximate surface area is 102 Å². The molecule has 1 N–H and O–H groups in total. The van der Waals surface area contributed by atoms with Gasteiger partial charge < -0.3 is 15.3 Å². The minimum Gasteiger partial charge on any atom is -0.409 e. The van der Waals surface area contributed by atoms with Gasteiger partial charge in [-0.2, -0.15) is 0 Å². The summed E-state index contributed by atoms with van der Waals surface area (Å²) in [5.41, 5.74) is 1.25. The van der Waals surface area contributed by atoms with Gasteiger partial charge in [-0.25, -0.2) is 0 Å². The van der Waals surface area contributed by atoms with Crippen LogP contribution < -0.4 is 5.49 Å². The molecule has 0 amide bonds. The Morgan fingerprint density at radius 1 is 1.50 bits per heavy atom. The molecule has 0 saturated heterocycles. The summed E-state index contributed by atoms with van der Waals surface area (Å²) in [5.74, 6) is -0.499. The van der Waals surface area contributed by atoms with Gasteiger partial charge in [-0.1, -0.05) is 17.0 Å². The summed E-state index contributed by atoms with van der Waals surface area (Å²) in [4.78, 5) is 15.3. The molecular formula is C10H11N5O3. The molecule has 94 valence electrons. The van der Waals surface area contributed by atoms with E-state index < -0.39 is 10.7 Å². The van der Waals surface area contributed by atoms with Gasteiger partial charge in [-0.05, 0) is 34.3 Å². The molecule has 0 bridgehead atoms. The summed E-state index contributed by atoms with van der Waals surface area (Å²) in [6, 6.07) is 7.05. The van der Waals surface area contributed by atoms with Crippen molar-refractivity contribution in [1.82, 2.24) is 14.7 Å². The Balaban J connectivity index is 2.71. The van der Waals surface area contributed by atoms with Crippen molar-refractivity contribution in [3.63, 3.8) is 0 Å². The topological polar surface area (TPSA) is 98.5 Å². The zero-order chi connectivity index (χ0) is 13.3. The molecule has 1 heterocycles. The predicted octanol–water partition coefficient (Wildman–Crippen LogP) is 0.658. The third-order valence-electron chi connectivity index (χ3n) is 2.38. The summed E-state index contributed by atoms with van der Waals surface area (Å²) in [5, 5.41) is 24.3. The van der Waals surface area contributed by atoms with Crippen molar-refractivity contribution in [1.29, 1.82) is 0 Å². The largest absolute Gasteiger partial charge is 0.438 e. The lowest BCUT2D eigenvalue weighted by Crippen LogP contribution is -2.22. The molecule has 0 spiro atoms. The number of nitro groups is 1. The number of aryl methyl sites for hydroxylation is 1. The third kappa shape index (κ3) is 1.83. The molecule has 0 radical (unpaired) electrons. The Hall–Kier alpha value is -2.64. The third-order valence-corrected chi connectivity index (χ3v) is 2.38. The molecule has 0 aliphatic rings. The quantitative estimate of drug-likeness (QED) is 0.480. The minimum atomic E-state index is -0.693. The molecule has 0 fully saturated rings. The first kappa shape index (κ1) is 11.8. The molecule has 0 saturated carbocycles. The molecule has 0 atom stereocenters. The van der Waals surface area contributed by atoms with Crippen molar-refractivity contribution in [2.75, 3.05) is 7.05 Å². The van der Waals surface area contributed by atoms with Crippen molar-refractivity contribution in [3.8, 4) is 5.69 Å². The maximum Gasteiger partial charge on any atom is 0.438 e. The van der Waals surface area contributed by atoms with E-state index in [1.54, 1.807) is 18.2 Å². The number of hydrogen-bond acceptors (Lipinski definition) is 5. The molecule has 8 nitrogen and oxygen atoms in total. The molecule has 0 aliphatic heterocycles. The first-order chi connectivity index (χ1) is 8.54. The highest BCUT2D eigenvalue weighted by Gasteiger charge is 2.23. The fourth-order valence-electron chi connectivity index (χ4n) is 1.58. The second-order valence-corrected chi connectivity index (χ2v) is 3.65. The van der Waals surface area contributed by atoms with Crippen molar-refractivity contribution < 1.29 is 10.1 Å². The van der Waals surface area contributed by atoms with Crippen molar-refractivity contribution in [2.45, 2.75) is 6.92 Å². The average molecular weight is 249 g/mol. The van der Waals surface area contributed by atoms with Crippen LogP contribution in [0.25, 0.3) is 5.69 Å². The van der Waals surface area contributed by atoms with Crippen LogP contribution in [0.5, 0.6) is 0 Å². The summed E-state index contributed by atoms with van der Waals surface area (Å²) < 4.78 is 0. The van der Waals surface area contributed by atoms with Gasteiger partial charge in [-0.3, -0.25) is 4.99 Å². The van der Waals surface area contributed by atoms with E-state index in [2.05, 4.69) is 10.1 Å². The van der Waals surface area contributed by atoms with Crippen LogP contribution in [0.15, 0.2) is 29.3 Å². The van der Waals surface area contributed by atoms with E-state index in [0.29, 0.717) is 10.5 Å². The highest BCUT2D eigenvalue weighted by Crippen LogP contribution is 2.09. The molecule has 1 aromatic heterocycles. The van der Waals surface area contributed by atoms with Crippen molar-refractivity contribution in [2.24, 2.45) is 4.99 Å². The van der Waals surface area contributed by atoms with Gasteiger partial charge in [0.15, 0.2) is 0 Å². The van der Waals surface area contributed by atoms with Gasteiger partial charge in [0.25, 0.3) is 5.49 Å². The smallest absolute Gasteiger partial charge is 0.409 e. The summed E-state index contributed by atoms with van der Waals surface area (Å²) >= 11 is 0. The van der Waals surface area contributed by atoms with E-state index in [9.17, 15) is 15.3 Å². The maximum atomic E-state index is 10.8. The standard InChI is InChI=1S/C10H11N5O3/c1-7-4-3-5-8(6-7)13-12-10(15(17)18)9(11-2)14(13)16/h3-6,16H,1-2H3. The van der Waals surface area contributed by atoms with Gasteiger partial charge in [0.2, 0.25) is 0 Å². The number of aromatic nitrogens is 3. The number of rotatable bonds is 2. The molecule has 8 heteroatoms. The Kier molecular flexibility index (Phi) is 2.84. The first-order valence-electron chi connectivity index (χ1n) is 5.10. The predicted molar refractivity (Wildman–Crippen MR) is 61.6 cm³/mol. The lowest BCUT2D eigenvalue weighted by Gasteiger charge is -2.00. The molecule has 18 heavy (non-hydrogen) atoms. The summed E-state index contributed by atoms with van der Waals surface area (Å²) in [6.45, 7) is 1.87. The second kappa shape index (κ2) is 4.32. The highest BCUT2D eigenvalue weighted by molar-refractivity contribution is 5.34. The number of hydrogen-bond donors (Lipinski definition) is 1. The second-order valence-electron chi connectivity index (χ2n) is 3.65. The molecular weight excluding hydrogens is 238 g/mol. The van der Waals surface area contributed by atoms with E-state index in [-0.39, 0.29) is 5.49 Å². The minimum absolute atomic E-state index is 0.207. The van der Waals surface area contributed by atoms with Crippen molar-refractivity contribution in [3.05, 3.63) is 45.4 Å². The Morgan fingerprint density at radius 3 is 2.72 bits per heavy atom. The van der Waals surface area contributed by atoms with Gasteiger partial charge in [0, 0.05) is 7.05 Å². The van der Waals surface area contributed by atoms with Crippen LogP contribution in [-0.4, -0.2) is 31.9 Å². The SMILES string of the molecule is CN=c1c([N+](=O)[O-])nn(-c2cccc(C)c2)n1O. The normalized spacial score (nSPS) is 11.8. The maximum absolute atomic E-state index is 10.8. The van der Waals surface area contributed by atoms with E-state index in [1.165, 1.54) is 7.05 Å². The van der Waals surface area contributed by atoms with Crippen LogP contribution in [-0.2, 0) is 0 Å². The first-order valence-corrected chi connectivity index (χ1v) is 5.10.